The molecule has 252 valence electrons. The van der Waals surface area contributed by atoms with E-state index >= 15 is 0 Å². The van der Waals surface area contributed by atoms with E-state index in [-0.39, 0.29) is 0 Å². The van der Waals surface area contributed by atoms with Crippen molar-refractivity contribution in [2.75, 3.05) is 0 Å². The molecular weight excluding hydrogens is 655 g/mol. The van der Waals surface area contributed by atoms with E-state index in [1.54, 1.807) is 0 Å². The zero-order chi connectivity index (χ0) is 35.8. The van der Waals surface area contributed by atoms with E-state index in [4.69, 9.17) is 15.0 Å². The van der Waals surface area contributed by atoms with Crippen molar-refractivity contribution in [1.82, 2.24) is 15.0 Å². The lowest BCUT2D eigenvalue weighted by Crippen LogP contribution is -2.00. The summed E-state index contributed by atoms with van der Waals surface area (Å²) in [6.45, 7) is 0. The van der Waals surface area contributed by atoms with Gasteiger partial charge in [-0.3, -0.25) is 0 Å². The van der Waals surface area contributed by atoms with Gasteiger partial charge < -0.3 is 0 Å². The summed E-state index contributed by atoms with van der Waals surface area (Å²) in [6.07, 6.45) is 0. The van der Waals surface area contributed by atoms with Crippen LogP contribution in [0.3, 0.4) is 0 Å². The van der Waals surface area contributed by atoms with Gasteiger partial charge in [-0.15, -0.1) is 0 Å². The number of rotatable bonds is 6. The van der Waals surface area contributed by atoms with Crippen LogP contribution in [0, 0.1) is 0 Å². The SMILES string of the molecule is c1ccc(-c2nc(-c3ccccc3)nc(-c3cccc(-c4c(-c5ccc(-c6cc7ccccc7c7ccccc67)cc5)ccc5ccccc45)c3)n2)cc1. The second-order valence-electron chi connectivity index (χ2n) is 13.6. The molecule has 10 aromatic rings. The molecular formula is C51H33N3. The summed E-state index contributed by atoms with van der Waals surface area (Å²) in [5.74, 6) is 1.93. The molecule has 0 radical (unpaired) electrons. The first-order valence-electron chi connectivity index (χ1n) is 18.3. The highest BCUT2D eigenvalue weighted by molar-refractivity contribution is 6.14. The zero-order valence-electron chi connectivity index (χ0n) is 29.4. The zero-order valence-corrected chi connectivity index (χ0v) is 29.4. The monoisotopic (exact) mass is 687 g/mol. The average Bonchev–Trinajstić information content (AvgIpc) is 3.26. The van der Waals surface area contributed by atoms with Crippen molar-refractivity contribution < 1.29 is 0 Å². The number of hydrogen-bond acceptors (Lipinski definition) is 3. The van der Waals surface area contributed by atoms with E-state index in [0.29, 0.717) is 17.5 Å². The number of benzene rings is 9. The quantitative estimate of drug-likeness (QED) is 0.163. The molecule has 0 aliphatic carbocycles. The molecule has 9 aromatic carbocycles. The van der Waals surface area contributed by atoms with Crippen molar-refractivity contribution in [3.8, 4) is 67.5 Å². The Morgan fingerprint density at radius 2 is 0.722 bits per heavy atom. The Morgan fingerprint density at radius 1 is 0.241 bits per heavy atom. The molecule has 0 atom stereocenters. The van der Waals surface area contributed by atoms with Crippen LogP contribution in [0.1, 0.15) is 0 Å². The van der Waals surface area contributed by atoms with Crippen molar-refractivity contribution in [3.63, 3.8) is 0 Å². The van der Waals surface area contributed by atoms with Gasteiger partial charge in [-0.2, -0.15) is 0 Å². The Labute approximate surface area is 313 Å². The molecule has 0 bridgehead atoms. The molecule has 0 saturated carbocycles. The van der Waals surface area contributed by atoms with E-state index in [9.17, 15) is 0 Å². The van der Waals surface area contributed by atoms with Gasteiger partial charge in [0, 0.05) is 16.7 Å². The molecule has 1 heterocycles. The maximum absolute atomic E-state index is 5.03. The van der Waals surface area contributed by atoms with Crippen LogP contribution < -0.4 is 0 Å². The minimum Gasteiger partial charge on any atom is -0.208 e. The van der Waals surface area contributed by atoms with Crippen molar-refractivity contribution in [3.05, 3.63) is 200 Å². The molecule has 0 aliphatic heterocycles. The fourth-order valence-electron chi connectivity index (χ4n) is 7.70. The van der Waals surface area contributed by atoms with Gasteiger partial charge in [-0.05, 0) is 77.8 Å². The summed E-state index contributed by atoms with van der Waals surface area (Å²) >= 11 is 0. The Hall–Kier alpha value is -7.23. The Bertz CT molecular complexity index is 2910. The summed E-state index contributed by atoms with van der Waals surface area (Å²) in [5, 5.41) is 7.45. The molecule has 0 unspecified atom stereocenters. The van der Waals surface area contributed by atoms with Crippen LogP contribution in [-0.4, -0.2) is 15.0 Å². The standard InChI is InChI=1S/C51H33N3/c1-3-15-37(16-4-1)49-52-50(38-17-5-2-6-18-38)54-51(53-49)41-21-13-20-40(32-41)48-43-23-10-7-14-34(43)30-31-44(48)35-26-28-36(29-27-35)47-33-39-19-8-9-22-42(39)45-24-11-12-25-46(45)47/h1-33H. The van der Waals surface area contributed by atoms with Gasteiger partial charge in [0.1, 0.15) is 0 Å². The topological polar surface area (TPSA) is 38.7 Å². The average molecular weight is 688 g/mol. The lowest BCUT2D eigenvalue weighted by Gasteiger charge is -2.16. The van der Waals surface area contributed by atoms with Gasteiger partial charge in [-0.1, -0.05) is 188 Å². The van der Waals surface area contributed by atoms with Crippen LogP contribution in [0.25, 0.3) is 99.9 Å². The van der Waals surface area contributed by atoms with Crippen LogP contribution in [0.2, 0.25) is 0 Å². The third-order valence-corrected chi connectivity index (χ3v) is 10.3. The first kappa shape index (κ1) is 31.5. The summed E-state index contributed by atoms with van der Waals surface area (Å²) in [4.78, 5) is 15.0. The van der Waals surface area contributed by atoms with Crippen LogP contribution in [-0.2, 0) is 0 Å². The lowest BCUT2D eigenvalue weighted by atomic mass is 9.88. The molecule has 0 N–H and O–H groups in total. The molecule has 0 aliphatic rings. The van der Waals surface area contributed by atoms with E-state index in [1.165, 1.54) is 54.6 Å². The van der Waals surface area contributed by atoms with Gasteiger partial charge in [0.2, 0.25) is 0 Å². The van der Waals surface area contributed by atoms with E-state index in [1.807, 2.05) is 60.7 Å². The smallest absolute Gasteiger partial charge is 0.164 e. The first-order chi connectivity index (χ1) is 26.8. The second kappa shape index (κ2) is 13.4. The maximum Gasteiger partial charge on any atom is 0.164 e. The van der Waals surface area contributed by atoms with E-state index < -0.39 is 0 Å². The maximum atomic E-state index is 5.03. The highest BCUT2D eigenvalue weighted by atomic mass is 15.0. The largest absolute Gasteiger partial charge is 0.208 e. The summed E-state index contributed by atoms with van der Waals surface area (Å²) in [5.41, 5.74) is 9.89. The summed E-state index contributed by atoms with van der Waals surface area (Å²) in [6, 6.07) is 70.7. The minimum absolute atomic E-state index is 0.637. The van der Waals surface area contributed by atoms with Gasteiger partial charge in [-0.25, -0.2) is 15.0 Å². The van der Waals surface area contributed by atoms with Gasteiger partial charge in [0.05, 0.1) is 0 Å². The highest BCUT2D eigenvalue weighted by Crippen LogP contribution is 2.41. The third kappa shape index (κ3) is 5.69. The fraction of sp³-hybridized carbons (Fsp3) is 0. The molecule has 0 fully saturated rings. The van der Waals surface area contributed by atoms with Crippen LogP contribution in [0.5, 0.6) is 0 Å². The van der Waals surface area contributed by atoms with Crippen molar-refractivity contribution in [2.45, 2.75) is 0 Å². The van der Waals surface area contributed by atoms with Gasteiger partial charge in [0.25, 0.3) is 0 Å². The molecule has 1 aromatic heterocycles. The predicted molar refractivity (Wildman–Crippen MR) is 225 cm³/mol. The molecule has 0 amide bonds. The highest BCUT2D eigenvalue weighted by Gasteiger charge is 2.17. The van der Waals surface area contributed by atoms with Gasteiger partial charge in [0.15, 0.2) is 17.5 Å². The fourth-order valence-corrected chi connectivity index (χ4v) is 7.70. The summed E-state index contributed by atoms with van der Waals surface area (Å²) < 4.78 is 0. The predicted octanol–water partition coefficient (Wildman–Crippen LogP) is 13.3. The third-order valence-electron chi connectivity index (χ3n) is 10.3. The first-order valence-corrected chi connectivity index (χ1v) is 18.3. The number of aromatic nitrogens is 3. The van der Waals surface area contributed by atoms with Crippen LogP contribution in [0.4, 0.5) is 0 Å². The number of nitrogens with zero attached hydrogens (tertiary/aromatic N) is 3. The van der Waals surface area contributed by atoms with E-state index in [0.717, 1.165) is 27.8 Å². The van der Waals surface area contributed by atoms with Crippen molar-refractivity contribution in [1.29, 1.82) is 0 Å². The van der Waals surface area contributed by atoms with Crippen LogP contribution >= 0.6 is 0 Å². The normalized spacial score (nSPS) is 11.3. The molecule has 0 saturated heterocycles. The number of fused-ring (bicyclic) bond motifs is 4. The van der Waals surface area contributed by atoms with Crippen LogP contribution in [0.15, 0.2) is 200 Å². The lowest BCUT2D eigenvalue weighted by molar-refractivity contribution is 1.07. The Kier molecular flexibility index (Phi) is 7.81. The molecule has 3 heteroatoms. The second-order valence-corrected chi connectivity index (χ2v) is 13.6. The molecule has 3 nitrogen and oxygen atoms in total. The van der Waals surface area contributed by atoms with Gasteiger partial charge >= 0.3 is 0 Å². The van der Waals surface area contributed by atoms with E-state index in [2.05, 4.69) is 140 Å². The number of hydrogen-bond donors (Lipinski definition) is 0. The minimum atomic E-state index is 0.637. The molecule has 54 heavy (non-hydrogen) atoms. The van der Waals surface area contributed by atoms with Crippen molar-refractivity contribution in [2.24, 2.45) is 0 Å². The summed E-state index contributed by atoms with van der Waals surface area (Å²) in [7, 11) is 0. The molecule has 0 spiro atoms. The molecule has 10 rings (SSSR count). The Morgan fingerprint density at radius 3 is 1.39 bits per heavy atom. The Balaban J connectivity index is 1.11. The van der Waals surface area contributed by atoms with Crippen molar-refractivity contribution >= 4 is 32.3 Å².